The van der Waals surface area contributed by atoms with E-state index in [0.29, 0.717) is 6.42 Å². The fourth-order valence-corrected chi connectivity index (χ4v) is 1.10. The molecule has 72 valence electrons. The Hall–Kier alpha value is -1.59. The Morgan fingerprint density at radius 2 is 2.07 bits per heavy atom. The quantitative estimate of drug-likeness (QED) is 0.521. The molecule has 0 aliphatic heterocycles. The number of rotatable bonds is 4. The third-order valence-electron chi connectivity index (χ3n) is 1.79. The number of allylic oxidation sites excluding steroid dienone is 1. The fourth-order valence-electron chi connectivity index (χ4n) is 1.10. The van der Waals surface area contributed by atoms with Crippen LogP contribution in [-0.4, -0.2) is 5.78 Å². The molecule has 1 aromatic carbocycles. The second-order valence-electron chi connectivity index (χ2n) is 3.08. The van der Waals surface area contributed by atoms with E-state index in [1.54, 1.807) is 0 Å². The second-order valence-corrected chi connectivity index (χ2v) is 3.08. The van der Waals surface area contributed by atoms with Gasteiger partial charge in [-0.15, -0.1) is 5.73 Å². The average Bonchev–Trinajstić information content (AvgIpc) is 2.20. The van der Waals surface area contributed by atoms with Gasteiger partial charge in [-0.3, -0.25) is 4.79 Å². The largest absolute Gasteiger partial charge is 0.294 e. The highest BCUT2D eigenvalue weighted by molar-refractivity contribution is 5.89. The van der Waals surface area contributed by atoms with Crippen molar-refractivity contribution in [2.24, 2.45) is 0 Å². The minimum absolute atomic E-state index is 0.139. The van der Waals surface area contributed by atoms with Gasteiger partial charge in [-0.1, -0.05) is 37.3 Å². The Morgan fingerprint density at radius 3 is 2.71 bits per heavy atom. The van der Waals surface area contributed by atoms with Gasteiger partial charge in [-0.2, -0.15) is 0 Å². The van der Waals surface area contributed by atoms with Crippen molar-refractivity contribution in [1.82, 2.24) is 0 Å². The molecule has 0 unspecified atom stereocenters. The van der Waals surface area contributed by atoms with Gasteiger partial charge in [-0.05, 0) is 18.1 Å². The highest BCUT2D eigenvalue weighted by atomic mass is 16.1. The first kappa shape index (κ1) is 10.5. The van der Waals surface area contributed by atoms with E-state index in [1.807, 2.05) is 43.3 Å². The number of carbonyl (C=O) groups is 1. The summed E-state index contributed by atoms with van der Waals surface area (Å²) in [7, 11) is 0. The second kappa shape index (κ2) is 5.95. The standard InChI is InChI=1S/C13H14O/c1-2-7-13(14)11-6-10-12-8-4-3-5-9-12/h3-5,8-11H,2,7H2,1H3. The monoisotopic (exact) mass is 186 g/mol. The molecule has 0 aromatic heterocycles. The number of benzene rings is 1. The lowest BCUT2D eigenvalue weighted by Gasteiger charge is -1.87. The lowest BCUT2D eigenvalue weighted by molar-refractivity contribution is -0.114. The fraction of sp³-hybridized carbons (Fsp3) is 0.231. The maximum absolute atomic E-state index is 11.1. The molecule has 0 spiro atoms. The molecule has 0 atom stereocenters. The van der Waals surface area contributed by atoms with Crippen LogP contribution in [0, 0.1) is 0 Å². The van der Waals surface area contributed by atoms with Crippen LogP contribution in [0.2, 0.25) is 0 Å². The molecule has 0 aliphatic rings. The van der Waals surface area contributed by atoms with Gasteiger partial charge in [0.2, 0.25) is 0 Å². The van der Waals surface area contributed by atoms with E-state index >= 15 is 0 Å². The van der Waals surface area contributed by atoms with Gasteiger partial charge in [0, 0.05) is 12.5 Å². The highest BCUT2D eigenvalue weighted by Gasteiger charge is 1.90. The van der Waals surface area contributed by atoms with Crippen LogP contribution in [-0.2, 0) is 4.79 Å². The molecular formula is C13H14O. The molecule has 0 heterocycles. The van der Waals surface area contributed by atoms with Crippen LogP contribution in [0.5, 0.6) is 0 Å². The summed E-state index contributed by atoms with van der Waals surface area (Å²) in [5, 5.41) is 0. The predicted octanol–water partition coefficient (Wildman–Crippen LogP) is 3.22. The maximum Gasteiger partial charge on any atom is 0.163 e. The van der Waals surface area contributed by atoms with Crippen LogP contribution in [0.25, 0.3) is 6.08 Å². The Bertz CT molecular complexity index is 343. The zero-order chi connectivity index (χ0) is 10.2. The number of carbonyl (C=O) groups excluding carboxylic acids is 1. The molecule has 0 saturated heterocycles. The van der Waals surface area contributed by atoms with E-state index in [2.05, 4.69) is 5.73 Å². The Labute approximate surface area is 84.8 Å². The molecule has 0 bridgehead atoms. The van der Waals surface area contributed by atoms with Crippen molar-refractivity contribution >= 4 is 11.9 Å². The van der Waals surface area contributed by atoms with E-state index in [-0.39, 0.29) is 5.78 Å². The van der Waals surface area contributed by atoms with Gasteiger partial charge in [0.05, 0.1) is 0 Å². The van der Waals surface area contributed by atoms with Crippen molar-refractivity contribution in [1.29, 1.82) is 0 Å². The molecular weight excluding hydrogens is 172 g/mol. The third-order valence-corrected chi connectivity index (χ3v) is 1.79. The summed E-state index contributed by atoms with van der Waals surface area (Å²) in [6.07, 6.45) is 4.82. The van der Waals surface area contributed by atoms with E-state index in [4.69, 9.17) is 0 Å². The van der Waals surface area contributed by atoms with Gasteiger partial charge < -0.3 is 0 Å². The summed E-state index contributed by atoms with van der Waals surface area (Å²) in [6.45, 7) is 1.99. The number of hydrogen-bond acceptors (Lipinski definition) is 1. The normalized spacial score (nSPS) is 8.93. The SMILES string of the molecule is CCCC(=O)C=C=Cc1ccccc1. The van der Waals surface area contributed by atoms with Crippen LogP contribution in [0.1, 0.15) is 25.3 Å². The summed E-state index contributed by atoms with van der Waals surface area (Å²) < 4.78 is 0. The minimum atomic E-state index is 0.139. The average molecular weight is 186 g/mol. The van der Waals surface area contributed by atoms with Gasteiger partial charge in [-0.25, -0.2) is 0 Å². The zero-order valence-corrected chi connectivity index (χ0v) is 8.36. The predicted molar refractivity (Wildman–Crippen MR) is 58.9 cm³/mol. The molecule has 0 radical (unpaired) electrons. The smallest absolute Gasteiger partial charge is 0.163 e. The van der Waals surface area contributed by atoms with E-state index in [0.717, 1.165) is 12.0 Å². The summed E-state index contributed by atoms with van der Waals surface area (Å²) in [5.74, 6) is 0.139. The molecule has 14 heavy (non-hydrogen) atoms. The topological polar surface area (TPSA) is 17.1 Å². The molecule has 1 heteroatoms. The van der Waals surface area contributed by atoms with Crippen molar-refractivity contribution in [2.45, 2.75) is 19.8 Å². The van der Waals surface area contributed by atoms with Crippen LogP contribution in [0.4, 0.5) is 0 Å². The first-order valence-electron chi connectivity index (χ1n) is 4.83. The molecule has 0 saturated carbocycles. The summed E-state index contributed by atoms with van der Waals surface area (Å²) in [5.41, 5.74) is 3.95. The van der Waals surface area contributed by atoms with E-state index in [9.17, 15) is 4.79 Å². The van der Waals surface area contributed by atoms with Crippen molar-refractivity contribution in [3.05, 3.63) is 47.7 Å². The Kier molecular flexibility index (Phi) is 4.46. The van der Waals surface area contributed by atoms with Crippen molar-refractivity contribution in [3.8, 4) is 0 Å². The lowest BCUT2D eigenvalue weighted by atomic mass is 10.2. The third kappa shape index (κ3) is 3.88. The highest BCUT2D eigenvalue weighted by Crippen LogP contribution is 1.99. The van der Waals surface area contributed by atoms with Crippen molar-refractivity contribution in [2.75, 3.05) is 0 Å². The van der Waals surface area contributed by atoms with E-state index in [1.165, 1.54) is 6.08 Å². The molecule has 0 amide bonds. The summed E-state index contributed by atoms with van der Waals surface area (Å²) >= 11 is 0. The van der Waals surface area contributed by atoms with Gasteiger partial charge >= 0.3 is 0 Å². The van der Waals surface area contributed by atoms with E-state index < -0.39 is 0 Å². The molecule has 0 fully saturated rings. The minimum Gasteiger partial charge on any atom is -0.294 e. The van der Waals surface area contributed by atoms with Crippen LogP contribution >= 0.6 is 0 Å². The Balaban J connectivity index is 2.60. The van der Waals surface area contributed by atoms with Crippen LogP contribution in [0.15, 0.2) is 42.1 Å². The molecule has 1 nitrogen and oxygen atoms in total. The first-order valence-corrected chi connectivity index (χ1v) is 4.83. The number of hydrogen-bond donors (Lipinski definition) is 0. The van der Waals surface area contributed by atoms with Crippen molar-refractivity contribution in [3.63, 3.8) is 0 Å². The van der Waals surface area contributed by atoms with Crippen molar-refractivity contribution < 1.29 is 4.79 Å². The lowest BCUT2D eigenvalue weighted by Crippen LogP contribution is -1.88. The van der Waals surface area contributed by atoms with Gasteiger partial charge in [0.1, 0.15) is 0 Å². The maximum atomic E-state index is 11.1. The van der Waals surface area contributed by atoms with Crippen LogP contribution in [0.3, 0.4) is 0 Å². The zero-order valence-electron chi connectivity index (χ0n) is 8.36. The first-order chi connectivity index (χ1) is 6.83. The van der Waals surface area contributed by atoms with Crippen LogP contribution < -0.4 is 0 Å². The molecule has 0 N–H and O–H groups in total. The molecule has 1 aromatic rings. The van der Waals surface area contributed by atoms with Gasteiger partial charge in [0.15, 0.2) is 5.78 Å². The Morgan fingerprint density at radius 1 is 1.36 bits per heavy atom. The van der Waals surface area contributed by atoms with Gasteiger partial charge in [0.25, 0.3) is 0 Å². The molecule has 0 aliphatic carbocycles. The summed E-state index contributed by atoms with van der Waals surface area (Å²) in [4.78, 5) is 11.1. The molecule has 1 rings (SSSR count). The number of ketones is 1. The summed E-state index contributed by atoms with van der Waals surface area (Å²) in [6, 6.07) is 9.84.